The molecule has 0 aromatic carbocycles. The molecule has 1 rings (SSSR count). The van der Waals surface area contributed by atoms with Crippen LogP contribution in [-0.2, 0) is 6.42 Å². The standard InChI is InChI=1S/C9H15NS/c1-7(6-10)5-9-4-3-8(2)11-9/h3-4,7H,5-6,10H2,1-2H3. The fourth-order valence-corrected chi connectivity index (χ4v) is 2.08. The molecule has 1 heterocycles. The summed E-state index contributed by atoms with van der Waals surface area (Å²) in [7, 11) is 0. The van der Waals surface area contributed by atoms with Crippen LogP contribution in [-0.4, -0.2) is 6.54 Å². The maximum atomic E-state index is 5.53. The number of thiophene rings is 1. The zero-order chi connectivity index (χ0) is 8.27. The second-order valence-electron chi connectivity index (χ2n) is 3.06. The average molecular weight is 169 g/mol. The van der Waals surface area contributed by atoms with Crippen molar-refractivity contribution in [3.63, 3.8) is 0 Å². The first-order chi connectivity index (χ1) is 5.22. The van der Waals surface area contributed by atoms with Crippen molar-refractivity contribution in [2.75, 3.05) is 6.54 Å². The van der Waals surface area contributed by atoms with Crippen LogP contribution in [0.1, 0.15) is 16.7 Å². The van der Waals surface area contributed by atoms with E-state index >= 15 is 0 Å². The summed E-state index contributed by atoms with van der Waals surface area (Å²) in [6.07, 6.45) is 1.13. The molecule has 2 heteroatoms. The van der Waals surface area contributed by atoms with E-state index in [2.05, 4.69) is 26.0 Å². The van der Waals surface area contributed by atoms with E-state index in [0.717, 1.165) is 13.0 Å². The van der Waals surface area contributed by atoms with Crippen LogP contribution in [0.4, 0.5) is 0 Å². The molecule has 2 N–H and O–H groups in total. The summed E-state index contributed by atoms with van der Waals surface area (Å²) in [6.45, 7) is 5.12. The summed E-state index contributed by atoms with van der Waals surface area (Å²) >= 11 is 1.88. The smallest absolute Gasteiger partial charge is 0.00512 e. The molecule has 1 aromatic rings. The van der Waals surface area contributed by atoms with Gasteiger partial charge in [-0.2, -0.15) is 0 Å². The molecule has 1 nitrogen and oxygen atoms in total. The average Bonchev–Trinajstić information content (AvgIpc) is 2.35. The Balaban J connectivity index is 2.50. The Morgan fingerprint density at radius 1 is 1.55 bits per heavy atom. The van der Waals surface area contributed by atoms with Crippen molar-refractivity contribution in [2.45, 2.75) is 20.3 Å². The fraction of sp³-hybridized carbons (Fsp3) is 0.556. The third kappa shape index (κ3) is 2.64. The number of hydrogen-bond acceptors (Lipinski definition) is 2. The van der Waals surface area contributed by atoms with Crippen LogP contribution in [0.2, 0.25) is 0 Å². The van der Waals surface area contributed by atoms with Gasteiger partial charge in [-0.1, -0.05) is 6.92 Å². The minimum absolute atomic E-state index is 0.619. The SMILES string of the molecule is Cc1ccc(CC(C)CN)s1. The fourth-order valence-electron chi connectivity index (χ4n) is 1.02. The molecular weight excluding hydrogens is 154 g/mol. The van der Waals surface area contributed by atoms with Crippen LogP contribution in [0.5, 0.6) is 0 Å². The minimum Gasteiger partial charge on any atom is -0.330 e. The van der Waals surface area contributed by atoms with Crippen LogP contribution in [0.3, 0.4) is 0 Å². The molecule has 0 spiro atoms. The van der Waals surface area contributed by atoms with Crippen LogP contribution < -0.4 is 5.73 Å². The van der Waals surface area contributed by atoms with Gasteiger partial charge in [0, 0.05) is 9.75 Å². The summed E-state index contributed by atoms with van der Waals surface area (Å²) in [5, 5.41) is 0. The molecule has 0 aliphatic carbocycles. The molecule has 0 amide bonds. The molecule has 1 unspecified atom stereocenters. The first-order valence-corrected chi connectivity index (χ1v) is 4.79. The first-order valence-electron chi connectivity index (χ1n) is 3.97. The molecule has 1 aromatic heterocycles. The molecule has 62 valence electrons. The zero-order valence-electron chi connectivity index (χ0n) is 7.13. The van der Waals surface area contributed by atoms with Gasteiger partial charge in [0.15, 0.2) is 0 Å². The number of rotatable bonds is 3. The molecule has 1 atom stereocenters. The Morgan fingerprint density at radius 3 is 2.73 bits per heavy atom. The van der Waals surface area contributed by atoms with Gasteiger partial charge in [-0.05, 0) is 37.9 Å². The van der Waals surface area contributed by atoms with Gasteiger partial charge in [-0.25, -0.2) is 0 Å². The van der Waals surface area contributed by atoms with Gasteiger partial charge in [0.1, 0.15) is 0 Å². The highest BCUT2D eigenvalue weighted by atomic mass is 32.1. The lowest BCUT2D eigenvalue weighted by atomic mass is 10.1. The van der Waals surface area contributed by atoms with Crippen LogP contribution >= 0.6 is 11.3 Å². The van der Waals surface area contributed by atoms with E-state index in [1.165, 1.54) is 9.75 Å². The van der Waals surface area contributed by atoms with E-state index in [1.54, 1.807) is 0 Å². The van der Waals surface area contributed by atoms with Crippen LogP contribution in [0, 0.1) is 12.8 Å². The third-order valence-corrected chi connectivity index (χ3v) is 2.77. The van der Waals surface area contributed by atoms with E-state index in [0.29, 0.717) is 5.92 Å². The maximum Gasteiger partial charge on any atom is 0.00512 e. The summed E-state index contributed by atoms with van der Waals surface area (Å²) in [6, 6.07) is 4.37. The second-order valence-corrected chi connectivity index (χ2v) is 4.43. The van der Waals surface area contributed by atoms with Gasteiger partial charge in [-0.3, -0.25) is 0 Å². The normalized spacial score (nSPS) is 13.4. The van der Waals surface area contributed by atoms with Gasteiger partial charge < -0.3 is 5.73 Å². The van der Waals surface area contributed by atoms with Gasteiger partial charge in [0.2, 0.25) is 0 Å². The molecule has 0 fully saturated rings. The second kappa shape index (κ2) is 3.88. The summed E-state index contributed by atoms with van der Waals surface area (Å²) < 4.78 is 0. The van der Waals surface area contributed by atoms with Crippen LogP contribution in [0.25, 0.3) is 0 Å². The van der Waals surface area contributed by atoms with Crippen molar-refractivity contribution < 1.29 is 0 Å². The van der Waals surface area contributed by atoms with E-state index < -0.39 is 0 Å². The zero-order valence-corrected chi connectivity index (χ0v) is 7.95. The molecular formula is C9H15NS. The summed E-state index contributed by atoms with van der Waals surface area (Å²) in [5.41, 5.74) is 5.53. The molecule has 0 aliphatic rings. The van der Waals surface area contributed by atoms with Gasteiger partial charge >= 0.3 is 0 Å². The third-order valence-electron chi connectivity index (χ3n) is 1.75. The Labute approximate surface area is 72.2 Å². The molecule has 11 heavy (non-hydrogen) atoms. The Kier molecular flexibility index (Phi) is 3.09. The van der Waals surface area contributed by atoms with Gasteiger partial charge in [-0.15, -0.1) is 11.3 Å². The quantitative estimate of drug-likeness (QED) is 0.737. The van der Waals surface area contributed by atoms with Gasteiger partial charge in [0.25, 0.3) is 0 Å². The van der Waals surface area contributed by atoms with Crippen molar-refractivity contribution in [2.24, 2.45) is 11.7 Å². The molecule has 0 radical (unpaired) electrons. The Bertz CT molecular complexity index is 217. The van der Waals surface area contributed by atoms with Gasteiger partial charge in [0.05, 0.1) is 0 Å². The predicted octanol–water partition coefficient (Wildman–Crippen LogP) is 2.19. The van der Waals surface area contributed by atoms with Crippen LogP contribution in [0.15, 0.2) is 12.1 Å². The predicted molar refractivity (Wildman–Crippen MR) is 51.0 cm³/mol. The highest BCUT2D eigenvalue weighted by Gasteiger charge is 2.02. The lowest BCUT2D eigenvalue weighted by Crippen LogP contribution is -2.12. The molecule has 0 bridgehead atoms. The van der Waals surface area contributed by atoms with E-state index in [1.807, 2.05) is 11.3 Å². The summed E-state index contributed by atoms with van der Waals surface area (Å²) in [4.78, 5) is 2.85. The van der Waals surface area contributed by atoms with E-state index in [4.69, 9.17) is 5.73 Å². The number of aryl methyl sites for hydroxylation is 1. The monoisotopic (exact) mass is 169 g/mol. The largest absolute Gasteiger partial charge is 0.330 e. The summed E-state index contributed by atoms with van der Waals surface area (Å²) in [5.74, 6) is 0.619. The topological polar surface area (TPSA) is 26.0 Å². The number of nitrogens with two attached hydrogens (primary N) is 1. The molecule has 0 saturated heterocycles. The van der Waals surface area contributed by atoms with Crippen molar-refractivity contribution in [1.82, 2.24) is 0 Å². The Hall–Kier alpha value is -0.340. The molecule has 0 saturated carbocycles. The van der Waals surface area contributed by atoms with Crippen molar-refractivity contribution in [1.29, 1.82) is 0 Å². The van der Waals surface area contributed by atoms with Crippen molar-refractivity contribution in [3.8, 4) is 0 Å². The highest BCUT2D eigenvalue weighted by molar-refractivity contribution is 7.11. The minimum atomic E-state index is 0.619. The Morgan fingerprint density at radius 2 is 2.27 bits per heavy atom. The number of hydrogen-bond donors (Lipinski definition) is 1. The van der Waals surface area contributed by atoms with Crippen molar-refractivity contribution in [3.05, 3.63) is 21.9 Å². The lowest BCUT2D eigenvalue weighted by Gasteiger charge is -2.04. The molecule has 0 aliphatic heterocycles. The maximum absolute atomic E-state index is 5.53. The van der Waals surface area contributed by atoms with E-state index in [-0.39, 0.29) is 0 Å². The van der Waals surface area contributed by atoms with Crippen molar-refractivity contribution >= 4 is 11.3 Å². The first kappa shape index (κ1) is 8.75. The lowest BCUT2D eigenvalue weighted by molar-refractivity contribution is 0.598. The van der Waals surface area contributed by atoms with E-state index in [9.17, 15) is 0 Å². The highest BCUT2D eigenvalue weighted by Crippen LogP contribution is 2.18.